The van der Waals surface area contributed by atoms with Crippen molar-refractivity contribution in [1.82, 2.24) is 15.3 Å². The van der Waals surface area contributed by atoms with Crippen molar-refractivity contribution in [2.24, 2.45) is 0 Å². The van der Waals surface area contributed by atoms with Crippen molar-refractivity contribution in [1.29, 1.82) is 0 Å². The van der Waals surface area contributed by atoms with Gasteiger partial charge in [0.05, 0.1) is 25.8 Å². The van der Waals surface area contributed by atoms with Crippen molar-refractivity contribution >= 4 is 28.8 Å². The molecule has 1 fully saturated rings. The lowest BCUT2D eigenvalue weighted by Gasteiger charge is -2.41. The van der Waals surface area contributed by atoms with E-state index in [2.05, 4.69) is 27.3 Å². The van der Waals surface area contributed by atoms with Crippen molar-refractivity contribution in [3.05, 3.63) is 83.9 Å². The molecule has 3 N–H and O–H groups in total. The molecule has 5 rings (SSSR count). The average molecular weight is 542 g/mol. The monoisotopic (exact) mass is 541 g/mol. The maximum absolute atomic E-state index is 13.1. The van der Waals surface area contributed by atoms with E-state index in [1.807, 2.05) is 55.5 Å². The van der Waals surface area contributed by atoms with Gasteiger partial charge in [-0.05, 0) is 24.1 Å². The number of carbonyl (C=O) groups is 1. The SMILES string of the molecule is COc1cc2nc(N3CCC(Cc4ccccc4)(OC(=O)N[C@H](C)c4ccccc4)CC3)nc(N)c2cc1OC. The predicted octanol–water partition coefficient (Wildman–Crippen LogP) is 5.30. The number of anilines is 2. The van der Waals surface area contributed by atoms with Gasteiger partial charge in [-0.15, -0.1) is 0 Å². The van der Waals surface area contributed by atoms with Crippen LogP contribution < -0.4 is 25.4 Å². The molecule has 208 valence electrons. The minimum absolute atomic E-state index is 0.174. The number of rotatable bonds is 8. The van der Waals surface area contributed by atoms with E-state index in [1.54, 1.807) is 26.4 Å². The molecule has 4 aromatic rings. The molecular weight excluding hydrogens is 506 g/mol. The summed E-state index contributed by atoms with van der Waals surface area (Å²) < 4.78 is 17.1. The van der Waals surface area contributed by atoms with Crippen LogP contribution in [-0.2, 0) is 11.2 Å². The highest BCUT2D eigenvalue weighted by molar-refractivity contribution is 5.91. The van der Waals surface area contributed by atoms with Gasteiger partial charge >= 0.3 is 6.09 Å². The number of aromatic nitrogens is 2. The van der Waals surface area contributed by atoms with Crippen LogP contribution in [0.25, 0.3) is 10.9 Å². The number of methoxy groups -OCH3 is 2. The molecule has 1 saturated heterocycles. The number of nitrogen functional groups attached to an aromatic ring is 1. The van der Waals surface area contributed by atoms with Crippen LogP contribution in [0, 0.1) is 0 Å². The van der Waals surface area contributed by atoms with Gasteiger partial charge < -0.3 is 30.2 Å². The maximum Gasteiger partial charge on any atom is 0.408 e. The van der Waals surface area contributed by atoms with Crippen molar-refractivity contribution in [2.45, 2.75) is 37.8 Å². The first-order valence-corrected chi connectivity index (χ1v) is 13.4. The Morgan fingerprint density at radius 2 is 1.60 bits per heavy atom. The molecule has 0 radical (unpaired) electrons. The van der Waals surface area contributed by atoms with Gasteiger partial charge in [0.15, 0.2) is 11.5 Å². The van der Waals surface area contributed by atoms with Gasteiger partial charge in [0.2, 0.25) is 5.95 Å². The highest BCUT2D eigenvalue weighted by atomic mass is 16.6. The van der Waals surface area contributed by atoms with E-state index in [0.717, 1.165) is 11.1 Å². The van der Waals surface area contributed by atoms with E-state index < -0.39 is 11.7 Å². The van der Waals surface area contributed by atoms with Crippen LogP contribution in [0.15, 0.2) is 72.8 Å². The summed E-state index contributed by atoms with van der Waals surface area (Å²) >= 11 is 0. The van der Waals surface area contributed by atoms with Gasteiger partial charge in [0.1, 0.15) is 11.4 Å². The van der Waals surface area contributed by atoms with Gasteiger partial charge in [-0.2, -0.15) is 4.98 Å². The van der Waals surface area contributed by atoms with Gasteiger partial charge in [0.25, 0.3) is 0 Å². The second kappa shape index (κ2) is 11.7. The van der Waals surface area contributed by atoms with Crippen molar-refractivity contribution in [3.63, 3.8) is 0 Å². The van der Waals surface area contributed by atoms with Crippen molar-refractivity contribution < 1.29 is 19.0 Å². The molecule has 0 aliphatic carbocycles. The smallest absolute Gasteiger partial charge is 0.408 e. The van der Waals surface area contributed by atoms with Crippen molar-refractivity contribution in [3.8, 4) is 11.5 Å². The fourth-order valence-corrected chi connectivity index (χ4v) is 5.23. The van der Waals surface area contributed by atoms with Crippen LogP contribution in [-0.4, -0.2) is 49.0 Å². The van der Waals surface area contributed by atoms with Crippen LogP contribution in [0.3, 0.4) is 0 Å². The molecule has 0 saturated carbocycles. The highest BCUT2D eigenvalue weighted by Gasteiger charge is 2.39. The summed E-state index contributed by atoms with van der Waals surface area (Å²) in [5.74, 6) is 2.04. The number of nitrogens with one attached hydrogen (secondary N) is 1. The number of nitrogens with zero attached hydrogens (tertiary/aromatic N) is 3. The van der Waals surface area contributed by atoms with Gasteiger partial charge in [0, 0.05) is 43.8 Å². The fraction of sp³-hybridized carbons (Fsp3) is 0.323. The molecule has 9 nitrogen and oxygen atoms in total. The Morgan fingerprint density at radius 1 is 0.975 bits per heavy atom. The highest BCUT2D eigenvalue weighted by Crippen LogP contribution is 2.36. The number of carbonyl (C=O) groups excluding carboxylic acids is 1. The van der Waals surface area contributed by atoms with E-state index in [1.165, 1.54) is 0 Å². The third-order valence-corrected chi connectivity index (χ3v) is 7.49. The summed E-state index contributed by atoms with van der Waals surface area (Å²) in [6.07, 6.45) is 1.42. The standard InChI is InChI=1S/C31H35N5O4/c1-21(23-12-8-5-9-13-23)33-30(37)40-31(20-22-10-6-4-7-11-22)14-16-36(17-15-31)29-34-25-19-27(39-3)26(38-2)18-24(25)28(32)35-29/h4-13,18-19,21H,14-17,20H2,1-3H3,(H,33,37)(H2,32,34,35)/t21-/m1/s1. The third kappa shape index (κ3) is 5.88. The molecular formula is C31H35N5O4. The van der Waals surface area contributed by atoms with E-state index in [-0.39, 0.29) is 6.04 Å². The number of fused-ring (bicyclic) bond motifs is 1. The number of nitrogens with two attached hydrogens (primary N) is 1. The minimum atomic E-state index is -0.669. The molecule has 40 heavy (non-hydrogen) atoms. The van der Waals surface area contributed by atoms with E-state index in [4.69, 9.17) is 24.9 Å². The number of ether oxygens (including phenoxy) is 3. The number of benzene rings is 3. The molecule has 1 amide bonds. The molecule has 1 atom stereocenters. The normalized spacial score (nSPS) is 15.3. The number of amides is 1. The zero-order valence-corrected chi connectivity index (χ0v) is 23.1. The second-order valence-electron chi connectivity index (χ2n) is 10.1. The minimum Gasteiger partial charge on any atom is -0.493 e. The van der Waals surface area contributed by atoms with Crippen LogP contribution in [0.1, 0.15) is 36.9 Å². The Kier molecular flexibility index (Phi) is 7.91. The summed E-state index contributed by atoms with van der Waals surface area (Å²) in [7, 11) is 3.16. The maximum atomic E-state index is 13.1. The molecule has 1 aromatic heterocycles. The predicted molar refractivity (Wildman–Crippen MR) is 156 cm³/mol. The Hall–Kier alpha value is -4.53. The van der Waals surface area contributed by atoms with Crippen LogP contribution in [0.2, 0.25) is 0 Å². The summed E-state index contributed by atoms with van der Waals surface area (Å²) in [5.41, 5.74) is 8.48. The zero-order chi connectivity index (χ0) is 28.1. The van der Waals surface area contributed by atoms with Crippen LogP contribution >= 0.6 is 0 Å². The molecule has 9 heteroatoms. The first-order chi connectivity index (χ1) is 19.4. The second-order valence-corrected chi connectivity index (χ2v) is 10.1. The van der Waals surface area contributed by atoms with Crippen LogP contribution in [0.5, 0.6) is 11.5 Å². The molecule has 1 aliphatic heterocycles. The number of piperidine rings is 1. The Morgan fingerprint density at radius 3 is 2.25 bits per heavy atom. The Bertz CT molecular complexity index is 1460. The number of hydrogen-bond acceptors (Lipinski definition) is 8. The number of hydrogen-bond donors (Lipinski definition) is 2. The lowest BCUT2D eigenvalue weighted by molar-refractivity contribution is -0.00841. The van der Waals surface area contributed by atoms with Gasteiger partial charge in [-0.25, -0.2) is 9.78 Å². The van der Waals surface area contributed by atoms with Gasteiger partial charge in [-0.3, -0.25) is 0 Å². The fourth-order valence-electron chi connectivity index (χ4n) is 5.23. The van der Waals surface area contributed by atoms with E-state index >= 15 is 0 Å². The molecule has 1 aliphatic rings. The largest absolute Gasteiger partial charge is 0.493 e. The molecule has 3 aromatic carbocycles. The third-order valence-electron chi connectivity index (χ3n) is 7.49. The number of alkyl carbamates (subject to hydrolysis) is 1. The molecule has 2 heterocycles. The lowest BCUT2D eigenvalue weighted by Crippen LogP contribution is -2.50. The molecule has 0 spiro atoms. The summed E-state index contributed by atoms with van der Waals surface area (Å²) in [5, 5.41) is 3.71. The summed E-state index contributed by atoms with van der Waals surface area (Å²) in [6.45, 7) is 3.16. The summed E-state index contributed by atoms with van der Waals surface area (Å²) in [4.78, 5) is 24.6. The quantitative estimate of drug-likeness (QED) is 0.309. The Labute approximate surface area is 234 Å². The van der Waals surface area contributed by atoms with Crippen molar-refractivity contribution in [2.75, 3.05) is 37.9 Å². The summed E-state index contributed by atoms with van der Waals surface area (Å²) in [6, 6.07) is 23.4. The first kappa shape index (κ1) is 27.1. The first-order valence-electron chi connectivity index (χ1n) is 13.4. The van der Waals surface area contributed by atoms with E-state index in [0.29, 0.717) is 66.5 Å². The average Bonchev–Trinajstić information content (AvgIpc) is 2.97. The molecule has 0 unspecified atom stereocenters. The van der Waals surface area contributed by atoms with E-state index in [9.17, 15) is 4.79 Å². The topological polar surface area (TPSA) is 112 Å². The molecule has 0 bridgehead atoms. The van der Waals surface area contributed by atoms with Crippen LogP contribution in [0.4, 0.5) is 16.6 Å². The zero-order valence-electron chi connectivity index (χ0n) is 23.1. The Balaban J connectivity index is 1.35. The van der Waals surface area contributed by atoms with Gasteiger partial charge in [-0.1, -0.05) is 60.7 Å². The lowest BCUT2D eigenvalue weighted by atomic mass is 9.85.